The molecule has 2 unspecified atom stereocenters. The van der Waals surface area contributed by atoms with E-state index < -0.39 is 0 Å². The SMILES string of the molecule is CCC(CC)N(CCN(C)CCc1ccc2c(c1)OCO2)c1nc(-n2cncn2)ns1.COc1ccc(CCCCN2CCCCC2c2nc(-n3cncn3)ns2)cc1OC.O=C(OCCc1ccc2c(c1)OCO2)N1CCCCC1c1nc(-n2ccnc2)ns1. The van der Waals surface area contributed by atoms with Crippen LogP contribution in [0.1, 0.15) is 117 Å². The second-order valence-electron chi connectivity index (χ2n) is 22.2. The second kappa shape index (κ2) is 32.1. The monoisotopic (exact) mass is 1300 g/mol. The Bertz CT molecular complexity index is 3660. The maximum Gasteiger partial charge on any atom is 0.410 e. The molecule has 2 atom stereocenters. The Morgan fingerprint density at radius 1 is 0.637 bits per heavy atom. The van der Waals surface area contributed by atoms with Crippen LogP contribution in [0.5, 0.6) is 34.5 Å². The molecule has 2 fully saturated rings. The van der Waals surface area contributed by atoms with Crippen LogP contribution in [0.4, 0.5) is 9.93 Å². The fraction of sp³-hybridized carbons (Fsp3) is 0.484. The number of imidazole rings is 1. The second-order valence-corrected chi connectivity index (χ2v) is 24.5. The average Bonchev–Trinajstić information content (AvgIpc) is 2.13. The number of aromatic nitrogens is 14. The quantitative estimate of drug-likeness (QED) is 0.0482. The van der Waals surface area contributed by atoms with Gasteiger partial charge in [0, 0.05) is 62.6 Å². The molecular weight excluding hydrogens is 1220 g/mol. The summed E-state index contributed by atoms with van der Waals surface area (Å²) in [4.78, 5) is 48.0. The van der Waals surface area contributed by atoms with E-state index in [1.54, 1.807) is 64.4 Å². The maximum absolute atomic E-state index is 12.8. The highest BCUT2D eigenvalue weighted by Crippen LogP contribution is 2.37. The van der Waals surface area contributed by atoms with Gasteiger partial charge in [0.1, 0.15) is 41.7 Å². The van der Waals surface area contributed by atoms with E-state index in [0.717, 1.165) is 152 Å². The molecule has 6 aromatic heterocycles. The molecule has 0 radical (unpaired) electrons. The number of piperidine rings is 2. The molecule has 29 heteroatoms. The van der Waals surface area contributed by atoms with Crippen LogP contribution in [-0.2, 0) is 24.0 Å². The Balaban J connectivity index is 0.000000140. The van der Waals surface area contributed by atoms with Crippen LogP contribution in [0, 0.1) is 0 Å². The number of amides is 1. The number of hydrogen-bond acceptors (Lipinski definition) is 25. The summed E-state index contributed by atoms with van der Waals surface area (Å²) in [6.45, 7) is 11.0. The van der Waals surface area contributed by atoms with Gasteiger partial charge in [-0.3, -0.25) is 14.4 Å². The summed E-state index contributed by atoms with van der Waals surface area (Å²) in [5.74, 6) is 6.51. The minimum Gasteiger partial charge on any atom is -0.493 e. The number of unbranched alkanes of at least 4 members (excludes halogenated alkanes) is 1. The summed E-state index contributed by atoms with van der Waals surface area (Å²) < 4.78 is 56.3. The topological polar surface area (TPSA) is 251 Å². The molecule has 0 spiro atoms. The number of anilines is 1. The normalized spacial score (nSPS) is 15.9. The zero-order valence-electron chi connectivity index (χ0n) is 52.1. The number of ether oxygens (including phenoxy) is 7. The van der Waals surface area contributed by atoms with E-state index in [2.05, 4.69) is 103 Å². The fourth-order valence-electron chi connectivity index (χ4n) is 11.4. The molecule has 2 saturated heterocycles. The van der Waals surface area contributed by atoms with Gasteiger partial charge in [0.05, 0.1) is 32.9 Å². The molecule has 26 nitrogen and oxygen atoms in total. The van der Waals surface area contributed by atoms with Crippen LogP contribution in [0.25, 0.3) is 17.8 Å². The number of fused-ring (bicyclic) bond motifs is 2. The predicted molar refractivity (Wildman–Crippen MR) is 344 cm³/mol. The molecule has 0 bridgehead atoms. The number of nitrogens with zero attached hydrogens (tertiary/aromatic N) is 18. The molecular formula is C62H78N18O8S3. The average molecular weight is 1300 g/mol. The molecule has 0 aliphatic carbocycles. The highest BCUT2D eigenvalue weighted by Gasteiger charge is 2.33. The summed E-state index contributed by atoms with van der Waals surface area (Å²) in [7, 11) is 5.51. The lowest BCUT2D eigenvalue weighted by Crippen LogP contribution is -2.40. The Morgan fingerprint density at radius 3 is 1.95 bits per heavy atom. The molecule has 3 aromatic carbocycles. The molecule has 0 N–H and O–H groups in total. The predicted octanol–water partition coefficient (Wildman–Crippen LogP) is 10.1. The molecule has 0 saturated carbocycles. The summed E-state index contributed by atoms with van der Waals surface area (Å²) >= 11 is 4.23. The smallest absolute Gasteiger partial charge is 0.410 e. The first-order valence-corrected chi connectivity index (χ1v) is 33.4. The van der Waals surface area contributed by atoms with Crippen molar-refractivity contribution in [2.24, 2.45) is 0 Å². The Morgan fingerprint density at radius 2 is 1.26 bits per heavy atom. The van der Waals surface area contributed by atoms with Crippen LogP contribution in [0.15, 0.2) is 98.6 Å². The molecule has 4 aliphatic rings. The van der Waals surface area contributed by atoms with Gasteiger partial charge < -0.3 is 43.0 Å². The molecule has 10 heterocycles. The van der Waals surface area contributed by atoms with Gasteiger partial charge in [-0.1, -0.05) is 38.5 Å². The van der Waals surface area contributed by atoms with Gasteiger partial charge in [0.15, 0.2) is 34.5 Å². The van der Waals surface area contributed by atoms with E-state index in [4.69, 9.17) is 43.1 Å². The molecule has 1 amide bonds. The van der Waals surface area contributed by atoms with Crippen molar-refractivity contribution in [2.75, 3.05) is 85.6 Å². The molecule has 91 heavy (non-hydrogen) atoms. The number of likely N-dealkylation sites (N-methyl/N-ethyl adjacent to an activating group) is 1. The van der Waals surface area contributed by atoms with E-state index in [9.17, 15) is 4.79 Å². The van der Waals surface area contributed by atoms with E-state index in [0.29, 0.717) is 56.3 Å². The lowest BCUT2D eigenvalue weighted by atomic mass is 10.0. The third-order valence-electron chi connectivity index (χ3n) is 16.4. The summed E-state index contributed by atoms with van der Waals surface area (Å²) in [5.41, 5.74) is 3.58. The van der Waals surface area contributed by atoms with Crippen LogP contribution < -0.4 is 33.3 Å². The van der Waals surface area contributed by atoms with Gasteiger partial charge in [-0.2, -0.15) is 33.3 Å². The zero-order chi connectivity index (χ0) is 62.7. The molecule has 4 aliphatic heterocycles. The third-order valence-corrected chi connectivity index (χ3v) is 18.8. The van der Waals surface area contributed by atoms with Crippen LogP contribution in [-0.4, -0.2) is 175 Å². The number of rotatable bonds is 25. The number of carbonyl (C=O) groups excluding carboxylic acids is 1. The highest BCUT2D eigenvalue weighted by atomic mass is 32.1. The van der Waals surface area contributed by atoms with Crippen molar-refractivity contribution in [3.63, 3.8) is 0 Å². The van der Waals surface area contributed by atoms with Crippen LogP contribution >= 0.6 is 34.6 Å². The Labute approximate surface area is 541 Å². The number of hydrogen-bond donors (Lipinski definition) is 0. The van der Waals surface area contributed by atoms with Crippen LogP contribution in [0.2, 0.25) is 0 Å². The van der Waals surface area contributed by atoms with E-state index >= 15 is 0 Å². The Hall–Kier alpha value is -8.38. The van der Waals surface area contributed by atoms with Crippen molar-refractivity contribution < 1.29 is 38.0 Å². The molecule has 9 aromatic rings. The van der Waals surface area contributed by atoms with Gasteiger partial charge in [-0.05, 0) is 167 Å². The maximum atomic E-state index is 12.8. The van der Waals surface area contributed by atoms with Crippen molar-refractivity contribution in [1.82, 2.24) is 81.9 Å². The van der Waals surface area contributed by atoms with Crippen molar-refractivity contribution in [1.29, 1.82) is 0 Å². The number of methoxy groups -OCH3 is 2. The standard InChI is InChI=1S/C21H29N7O2S.C21H28N6O2S.C20H21N5O4S/c1-4-17(5-2)27(21-24-20(25-31-21)28-14-22-13-23-28)11-10-26(3)9-8-16-6-7-18-19(12-16)30-15-29-18;1-28-18-10-9-16(13-19(18)29-2)7-3-5-11-26-12-6-4-8-17(26)20-24-21(25-30-20)27-15-22-14-23-27;26-20(27-10-6-14-4-5-16-17(11-14)29-13-28-16)25-8-2-1-3-15(25)18-22-19(23-30-18)24-9-7-21-12-24/h6-7,12-14,17H,4-5,8-11,15H2,1-3H3;9-10,13-15,17H,3-8,11-12H2,1-2H3;4-5,7,9,11-12,15H,1-3,6,8,10,13H2. The summed E-state index contributed by atoms with van der Waals surface area (Å²) in [6.07, 6.45) is 24.6. The van der Waals surface area contributed by atoms with Gasteiger partial charge in [-0.15, -0.1) is 4.37 Å². The van der Waals surface area contributed by atoms with Crippen molar-refractivity contribution in [3.05, 3.63) is 125 Å². The van der Waals surface area contributed by atoms with Crippen molar-refractivity contribution >= 4 is 45.8 Å². The molecule has 13 rings (SSSR count). The van der Waals surface area contributed by atoms with E-state index in [1.165, 1.54) is 71.2 Å². The number of benzene rings is 3. The minimum absolute atomic E-state index is 0.105. The van der Waals surface area contributed by atoms with Gasteiger partial charge in [-0.25, -0.2) is 29.7 Å². The minimum atomic E-state index is -0.306. The van der Waals surface area contributed by atoms with Gasteiger partial charge in [0.2, 0.25) is 24.7 Å². The first-order valence-electron chi connectivity index (χ1n) is 31.0. The van der Waals surface area contributed by atoms with Gasteiger partial charge >= 0.3 is 6.09 Å². The Kier molecular flexibility index (Phi) is 22.6. The highest BCUT2D eigenvalue weighted by molar-refractivity contribution is 7.09. The fourth-order valence-corrected chi connectivity index (χ4v) is 13.7. The van der Waals surface area contributed by atoms with Crippen molar-refractivity contribution in [2.45, 2.75) is 115 Å². The van der Waals surface area contributed by atoms with E-state index in [1.807, 2.05) is 30.3 Å². The van der Waals surface area contributed by atoms with Crippen molar-refractivity contribution in [3.8, 4) is 52.3 Å². The van der Waals surface area contributed by atoms with E-state index in [-0.39, 0.29) is 18.9 Å². The summed E-state index contributed by atoms with van der Waals surface area (Å²) in [5, 5.41) is 11.1. The first-order chi connectivity index (χ1) is 44.7. The first kappa shape index (κ1) is 64.2. The zero-order valence-corrected chi connectivity index (χ0v) is 54.5. The third kappa shape index (κ3) is 16.8. The largest absolute Gasteiger partial charge is 0.493 e. The summed E-state index contributed by atoms with van der Waals surface area (Å²) in [6, 6.07) is 18.8. The van der Waals surface area contributed by atoms with Gasteiger partial charge in [0.25, 0.3) is 11.9 Å². The lowest BCUT2D eigenvalue weighted by Gasteiger charge is -2.34. The van der Waals surface area contributed by atoms with Crippen LogP contribution in [0.3, 0.4) is 0 Å². The number of carbonyl (C=O) groups is 1. The molecule has 482 valence electrons. The number of likely N-dealkylation sites (tertiary alicyclic amines) is 2. The lowest BCUT2D eigenvalue weighted by molar-refractivity contribution is 0.0736. The number of aryl methyl sites for hydroxylation is 1.